The van der Waals surface area contributed by atoms with Crippen LogP contribution in [-0.4, -0.2) is 104 Å². The molecule has 0 amide bonds. The van der Waals surface area contributed by atoms with Crippen LogP contribution in [0.2, 0.25) is 0 Å². The second-order valence-electron chi connectivity index (χ2n) is 10.5. The van der Waals surface area contributed by atoms with Gasteiger partial charge in [-0.15, -0.1) is 10.2 Å². The van der Waals surface area contributed by atoms with Gasteiger partial charge in [0.1, 0.15) is 5.75 Å². The highest BCUT2D eigenvalue weighted by atomic mass is 16.5. The van der Waals surface area contributed by atoms with E-state index in [9.17, 15) is 5.11 Å². The van der Waals surface area contributed by atoms with Crippen molar-refractivity contribution in [2.75, 3.05) is 77.1 Å². The maximum Gasteiger partial charge on any atom is 0.169 e. The average Bonchev–Trinajstić information content (AvgIpc) is 2.80. The molecule has 2 aromatic rings. The summed E-state index contributed by atoms with van der Waals surface area (Å²) < 4.78 is 6.13. The summed E-state index contributed by atoms with van der Waals surface area (Å²) in [6, 6.07) is 9.59. The molecule has 0 saturated carbocycles. The number of nitrogen functional groups attached to an aromatic ring is 1. The third-order valence-electron chi connectivity index (χ3n) is 7.48. The lowest BCUT2D eigenvalue weighted by molar-refractivity contribution is -0.0730. The summed E-state index contributed by atoms with van der Waals surface area (Å²) in [5, 5.41) is 22.2. The number of anilines is 2. The van der Waals surface area contributed by atoms with E-state index < -0.39 is 0 Å². The third-order valence-corrected chi connectivity index (χ3v) is 7.48. The van der Waals surface area contributed by atoms with E-state index in [1.165, 1.54) is 0 Å². The summed E-state index contributed by atoms with van der Waals surface area (Å²) in [5.74, 6) is 0.643. The summed E-state index contributed by atoms with van der Waals surface area (Å²) in [7, 11) is 4.20. The maximum absolute atomic E-state index is 10.2. The average molecular weight is 468 g/mol. The van der Waals surface area contributed by atoms with Crippen molar-refractivity contribution in [1.82, 2.24) is 25.3 Å². The topological polar surface area (TPSA) is 103 Å². The lowest BCUT2D eigenvalue weighted by atomic mass is 9.72. The minimum Gasteiger partial charge on any atom is -0.507 e. The van der Waals surface area contributed by atoms with E-state index >= 15 is 0 Å². The van der Waals surface area contributed by atoms with Crippen molar-refractivity contribution in [3.05, 3.63) is 30.3 Å². The summed E-state index contributed by atoms with van der Waals surface area (Å²) in [4.78, 5) is 7.07. The molecule has 1 spiro atoms. The number of morpholine rings is 1. The normalized spacial score (nSPS) is 25.0. The molecular formula is C25H37N7O2. The van der Waals surface area contributed by atoms with Gasteiger partial charge in [-0.2, -0.15) is 0 Å². The Labute approximate surface area is 201 Å². The highest BCUT2D eigenvalue weighted by Crippen LogP contribution is 2.42. The van der Waals surface area contributed by atoms with E-state index in [4.69, 9.17) is 10.5 Å². The molecule has 0 radical (unpaired) electrons. The Morgan fingerprint density at radius 3 is 2.65 bits per heavy atom. The molecule has 3 fully saturated rings. The number of phenolic OH excluding ortho intramolecular Hbond substituents is 1. The van der Waals surface area contributed by atoms with Gasteiger partial charge in [-0.3, -0.25) is 4.90 Å². The van der Waals surface area contributed by atoms with Crippen molar-refractivity contribution >= 4 is 11.5 Å². The number of nitrogens with zero attached hydrogens (tertiary/aromatic N) is 5. The van der Waals surface area contributed by atoms with Crippen molar-refractivity contribution in [1.29, 1.82) is 0 Å². The zero-order chi connectivity index (χ0) is 23.7. The Morgan fingerprint density at radius 1 is 1.21 bits per heavy atom. The molecule has 2 atom stereocenters. The molecule has 34 heavy (non-hydrogen) atoms. The fourth-order valence-electron chi connectivity index (χ4n) is 5.67. The van der Waals surface area contributed by atoms with Crippen LogP contribution in [-0.2, 0) is 4.74 Å². The Bertz CT molecular complexity index is 977. The monoisotopic (exact) mass is 467 g/mol. The third kappa shape index (κ3) is 4.98. The Hall–Kier alpha value is -2.46. The number of aromatic nitrogens is 2. The number of piperidine rings is 1. The summed E-state index contributed by atoms with van der Waals surface area (Å²) in [6.45, 7) is 7.96. The molecule has 9 heteroatoms. The Morgan fingerprint density at radius 2 is 1.97 bits per heavy atom. The number of hydrogen-bond acceptors (Lipinski definition) is 9. The number of ether oxygens (including phenoxy) is 1. The number of benzene rings is 1. The lowest BCUT2D eigenvalue weighted by Gasteiger charge is -2.55. The molecular weight excluding hydrogens is 430 g/mol. The summed E-state index contributed by atoms with van der Waals surface area (Å²) in [5.41, 5.74) is 8.84. The first-order valence-electron chi connectivity index (χ1n) is 12.3. The molecule has 3 aliphatic heterocycles. The van der Waals surface area contributed by atoms with Gasteiger partial charge in [0.05, 0.1) is 24.1 Å². The van der Waals surface area contributed by atoms with Crippen LogP contribution in [0.15, 0.2) is 30.3 Å². The molecule has 4 heterocycles. The summed E-state index contributed by atoms with van der Waals surface area (Å²) >= 11 is 0. The number of phenols is 1. The number of para-hydroxylation sites is 1. The Balaban J connectivity index is 1.12. The number of likely N-dealkylation sites (N-methyl/N-ethyl adjacent to an activating group) is 1. The molecule has 3 saturated heterocycles. The van der Waals surface area contributed by atoms with E-state index in [1.807, 2.05) is 18.2 Å². The first kappa shape index (κ1) is 23.3. The quantitative estimate of drug-likeness (QED) is 0.579. The van der Waals surface area contributed by atoms with Gasteiger partial charge in [-0.05, 0) is 50.6 Å². The minimum absolute atomic E-state index is 0.199. The zero-order valence-electron chi connectivity index (χ0n) is 20.3. The maximum atomic E-state index is 10.2. The Kier molecular flexibility index (Phi) is 6.61. The van der Waals surface area contributed by atoms with E-state index in [1.54, 1.807) is 12.1 Å². The van der Waals surface area contributed by atoms with Gasteiger partial charge in [0.15, 0.2) is 5.82 Å². The van der Waals surface area contributed by atoms with Gasteiger partial charge in [-0.25, -0.2) is 0 Å². The fraction of sp³-hybridized carbons (Fsp3) is 0.600. The van der Waals surface area contributed by atoms with Crippen molar-refractivity contribution in [3.8, 4) is 17.0 Å². The summed E-state index contributed by atoms with van der Waals surface area (Å²) in [6.07, 6.45) is 2.57. The van der Waals surface area contributed by atoms with Crippen LogP contribution < -0.4 is 16.0 Å². The molecule has 3 aliphatic rings. The van der Waals surface area contributed by atoms with Crippen molar-refractivity contribution in [2.24, 2.45) is 5.41 Å². The molecule has 0 bridgehead atoms. The van der Waals surface area contributed by atoms with Crippen molar-refractivity contribution < 1.29 is 9.84 Å². The molecule has 184 valence electrons. The number of likely N-dealkylation sites (tertiary alicyclic amines) is 1. The van der Waals surface area contributed by atoms with Gasteiger partial charge < -0.3 is 30.7 Å². The van der Waals surface area contributed by atoms with Gasteiger partial charge >= 0.3 is 0 Å². The molecule has 4 N–H and O–H groups in total. The lowest BCUT2D eigenvalue weighted by Crippen LogP contribution is -2.63. The smallest absolute Gasteiger partial charge is 0.169 e. The molecule has 9 nitrogen and oxygen atoms in total. The molecule has 1 aromatic heterocycles. The van der Waals surface area contributed by atoms with E-state index in [2.05, 4.69) is 44.3 Å². The second kappa shape index (κ2) is 9.65. The number of rotatable bonds is 6. The largest absolute Gasteiger partial charge is 0.507 e. The SMILES string of the molecule is CN(C)CC1CO[C@@H](CN2CC3(CCN(c4cc(-c5ccccc5O)nnc4N)CC3)C2)CN1. The predicted molar refractivity (Wildman–Crippen MR) is 134 cm³/mol. The number of aromatic hydroxyl groups is 1. The first-order valence-corrected chi connectivity index (χ1v) is 12.3. The predicted octanol–water partition coefficient (Wildman–Crippen LogP) is 1.25. The van der Waals surface area contributed by atoms with Crippen molar-refractivity contribution in [2.45, 2.75) is 25.0 Å². The highest BCUT2D eigenvalue weighted by molar-refractivity contribution is 5.74. The minimum atomic E-state index is 0.199. The first-order chi connectivity index (χ1) is 16.4. The van der Waals surface area contributed by atoms with E-state index in [0.717, 1.165) is 70.9 Å². The van der Waals surface area contributed by atoms with Crippen LogP contribution in [0.5, 0.6) is 5.75 Å². The standard InChI is InChI=1S/C25H37N7O2/c1-30(2)13-18-15-34-19(12-27-18)14-31-16-25(17-31)7-9-32(10-8-25)22-11-21(28-29-24(22)26)20-5-3-4-6-23(20)33/h3-6,11,18-19,27,33H,7-10,12-17H2,1-2H3,(H2,26,29)/t18?,19-/m1/s1. The fourth-order valence-corrected chi connectivity index (χ4v) is 5.67. The molecule has 1 unspecified atom stereocenters. The van der Waals surface area contributed by atoms with Crippen LogP contribution in [0, 0.1) is 5.41 Å². The van der Waals surface area contributed by atoms with Gasteiger partial charge in [0.25, 0.3) is 0 Å². The highest BCUT2D eigenvalue weighted by Gasteiger charge is 2.45. The van der Waals surface area contributed by atoms with Crippen LogP contribution in [0.25, 0.3) is 11.3 Å². The van der Waals surface area contributed by atoms with E-state index in [-0.39, 0.29) is 11.9 Å². The second-order valence-corrected chi connectivity index (χ2v) is 10.5. The molecule has 1 aromatic carbocycles. The number of nitrogens with one attached hydrogen (secondary N) is 1. The number of nitrogens with two attached hydrogens (primary N) is 1. The molecule has 0 aliphatic carbocycles. The van der Waals surface area contributed by atoms with Gasteiger partial charge in [0.2, 0.25) is 0 Å². The van der Waals surface area contributed by atoms with Crippen LogP contribution in [0.3, 0.4) is 0 Å². The van der Waals surface area contributed by atoms with E-state index in [0.29, 0.717) is 28.5 Å². The van der Waals surface area contributed by atoms with Gasteiger partial charge in [0, 0.05) is 57.4 Å². The van der Waals surface area contributed by atoms with Gasteiger partial charge in [-0.1, -0.05) is 12.1 Å². The van der Waals surface area contributed by atoms with Crippen LogP contribution in [0.1, 0.15) is 12.8 Å². The van der Waals surface area contributed by atoms with Crippen LogP contribution in [0.4, 0.5) is 11.5 Å². The van der Waals surface area contributed by atoms with Crippen molar-refractivity contribution in [3.63, 3.8) is 0 Å². The number of hydrogen-bond donors (Lipinski definition) is 3. The zero-order valence-corrected chi connectivity index (χ0v) is 20.3. The molecule has 5 rings (SSSR count). The van der Waals surface area contributed by atoms with Crippen LogP contribution >= 0.6 is 0 Å².